The summed E-state index contributed by atoms with van der Waals surface area (Å²) in [6.45, 7) is 3.86. The molecule has 0 amide bonds. The first kappa shape index (κ1) is 16.5. The SMILES string of the molecule is CC(=O)OC[C@H]1CN2CC[C@H]1C[C@H]2[C@H](O)c1ccnc2ccccc12. The van der Waals surface area contributed by atoms with Crippen LogP contribution in [0.15, 0.2) is 36.5 Å². The molecule has 3 fully saturated rings. The van der Waals surface area contributed by atoms with E-state index in [2.05, 4.69) is 9.88 Å². The summed E-state index contributed by atoms with van der Waals surface area (Å²) in [5, 5.41) is 12.1. The van der Waals surface area contributed by atoms with Gasteiger partial charge in [0.15, 0.2) is 0 Å². The molecule has 0 spiro atoms. The van der Waals surface area contributed by atoms with Crippen molar-refractivity contribution in [1.29, 1.82) is 0 Å². The minimum Gasteiger partial charge on any atom is -0.466 e. The molecule has 5 rings (SSSR count). The van der Waals surface area contributed by atoms with Crippen LogP contribution in [0.1, 0.15) is 31.4 Å². The lowest BCUT2D eigenvalue weighted by atomic mass is 9.74. The van der Waals surface area contributed by atoms with Gasteiger partial charge in [0.1, 0.15) is 0 Å². The number of carbonyl (C=O) groups excluding carboxylic acids is 1. The Hall–Kier alpha value is -1.98. The smallest absolute Gasteiger partial charge is 0.302 e. The van der Waals surface area contributed by atoms with Crippen LogP contribution in [0.3, 0.4) is 0 Å². The molecule has 3 aliphatic rings. The summed E-state index contributed by atoms with van der Waals surface area (Å²) in [4.78, 5) is 17.9. The van der Waals surface area contributed by atoms with E-state index >= 15 is 0 Å². The molecule has 5 atom stereocenters. The Morgan fingerprint density at radius 2 is 2.24 bits per heavy atom. The van der Waals surface area contributed by atoms with E-state index in [0.717, 1.165) is 42.4 Å². The van der Waals surface area contributed by atoms with Crippen LogP contribution in [0.4, 0.5) is 0 Å². The molecule has 0 aliphatic carbocycles. The Labute approximate surface area is 147 Å². The number of esters is 1. The molecule has 3 saturated heterocycles. The molecule has 1 N–H and O–H groups in total. The van der Waals surface area contributed by atoms with Gasteiger partial charge in [0.05, 0.1) is 18.2 Å². The molecular formula is C20H24N2O3. The summed E-state index contributed by atoms with van der Waals surface area (Å²) in [5.74, 6) is 0.684. The highest BCUT2D eigenvalue weighted by molar-refractivity contribution is 5.82. The van der Waals surface area contributed by atoms with Crippen LogP contribution in [0.5, 0.6) is 0 Å². The summed E-state index contributed by atoms with van der Waals surface area (Å²) in [6, 6.07) is 10.0. The van der Waals surface area contributed by atoms with Crippen LogP contribution in [0, 0.1) is 11.8 Å². The number of hydrogen-bond donors (Lipinski definition) is 1. The van der Waals surface area contributed by atoms with Crippen LogP contribution >= 0.6 is 0 Å². The number of aliphatic hydroxyl groups is 1. The standard InChI is InChI=1S/C20H24N2O3/c1-13(23)25-12-15-11-22-9-7-14(15)10-19(22)20(24)17-6-8-21-18-5-3-2-4-16(17)18/h2-6,8,14-15,19-20,24H,7,9-12H2,1H3/t14-,15+,19-,20+/m0/s1. The molecule has 0 saturated carbocycles. The number of para-hydroxylation sites is 1. The zero-order valence-electron chi connectivity index (χ0n) is 14.5. The molecule has 3 aliphatic heterocycles. The third-order valence-electron chi connectivity index (χ3n) is 5.80. The molecule has 5 heteroatoms. The lowest BCUT2D eigenvalue weighted by Crippen LogP contribution is -2.56. The lowest BCUT2D eigenvalue weighted by molar-refractivity contribution is -0.146. The highest BCUT2D eigenvalue weighted by Gasteiger charge is 2.43. The average Bonchev–Trinajstić information content (AvgIpc) is 2.65. The maximum absolute atomic E-state index is 11.1. The van der Waals surface area contributed by atoms with E-state index < -0.39 is 6.10 Å². The number of ether oxygens (including phenoxy) is 1. The van der Waals surface area contributed by atoms with E-state index in [-0.39, 0.29) is 12.0 Å². The fourth-order valence-electron chi connectivity index (χ4n) is 4.50. The molecule has 132 valence electrons. The van der Waals surface area contributed by atoms with Crippen LogP contribution in [-0.2, 0) is 9.53 Å². The average molecular weight is 340 g/mol. The van der Waals surface area contributed by atoms with Gasteiger partial charge in [0.25, 0.3) is 0 Å². The minimum absolute atomic E-state index is 0.123. The van der Waals surface area contributed by atoms with Gasteiger partial charge in [-0.25, -0.2) is 0 Å². The van der Waals surface area contributed by atoms with E-state index in [1.807, 2.05) is 30.3 Å². The van der Waals surface area contributed by atoms with E-state index in [1.54, 1.807) is 6.20 Å². The van der Waals surface area contributed by atoms with Crippen LogP contribution in [-0.4, -0.2) is 46.7 Å². The lowest BCUT2D eigenvalue weighted by Gasteiger charge is -2.51. The number of nitrogens with zero attached hydrogens (tertiary/aromatic N) is 2. The summed E-state index contributed by atoms with van der Waals surface area (Å²) < 4.78 is 5.24. The molecule has 2 bridgehead atoms. The van der Waals surface area contributed by atoms with Gasteiger partial charge < -0.3 is 9.84 Å². The Bertz CT molecular complexity index is 773. The first-order chi connectivity index (χ1) is 12.1. The van der Waals surface area contributed by atoms with Gasteiger partial charge in [-0.3, -0.25) is 14.7 Å². The number of aliphatic hydroxyl groups excluding tert-OH is 1. The van der Waals surface area contributed by atoms with E-state index in [4.69, 9.17) is 4.74 Å². The van der Waals surface area contributed by atoms with Crippen molar-refractivity contribution >= 4 is 16.9 Å². The molecule has 1 unspecified atom stereocenters. The number of hydrogen-bond acceptors (Lipinski definition) is 5. The van der Waals surface area contributed by atoms with E-state index in [1.165, 1.54) is 6.92 Å². The molecule has 1 aromatic heterocycles. The summed E-state index contributed by atoms with van der Waals surface area (Å²) >= 11 is 0. The largest absolute Gasteiger partial charge is 0.466 e. The molecule has 4 heterocycles. The second-order valence-electron chi connectivity index (χ2n) is 7.27. The molecule has 5 nitrogen and oxygen atoms in total. The van der Waals surface area contributed by atoms with Gasteiger partial charge in [-0.15, -0.1) is 0 Å². The number of piperidine rings is 3. The van der Waals surface area contributed by atoms with E-state index in [9.17, 15) is 9.90 Å². The predicted molar refractivity (Wildman–Crippen MR) is 94.9 cm³/mol. The minimum atomic E-state index is -0.523. The third kappa shape index (κ3) is 3.14. The highest BCUT2D eigenvalue weighted by Crippen LogP contribution is 2.41. The van der Waals surface area contributed by atoms with Gasteiger partial charge >= 0.3 is 5.97 Å². The topological polar surface area (TPSA) is 62.7 Å². The van der Waals surface area contributed by atoms with Crippen molar-refractivity contribution in [3.8, 4) is 0 Å². The van der Waals surface area contributed by atoms with Gasteiger partial charge in [-0.1, -0.05) is 18.2 Å². The van der Waals surface area contributed by atoms with E-state index in [0.29, 0.717) is 18.4 Å². The highest BCUT2D eigenvalue weighted by atomic mass is 16.5. The van der Waals surface area contributed by atoms with Gasteiger partial charge in [0.2, 0.25) is 0 Å². The van der Waals surface area contributed by atoms with Gasteiger partial charge in [-0.2, -0.15) is 0 Å². The molecule has 25 heavy (non-hydrogen) atoms. The monoisotopic (exact) mass is 340 g/mol. The van der Waals surface area contributed by atoms with Gasteiger partial charge in [0, 0.05) is 37.0 Å². The van der Waals surface area contributed by atoms with Crippen LogP contribution in [0.2, 0.25) is 0 Å². The normalized spacial score (nSPS) is 29.5. The zero-order valence-corrected chi connectivity index (χ0v) is 14.5. The van der Waals surface area contributed by atoms with Crippen molar-refractivity contribution in [2.75, 3.05) is 19.7 Å². The zero-order chi connectivity index (χ0) is 17.4. The fourth-order valence-corrected chi connectivity index (χ4v) is 4.50. The Balaban J connectivity index is 1.54. The molecule has 1 aromatic carbocycles. The quantitative estimate of drug-likeness (QED) is 0.867. The number of benzene rings is 1. The number of aromatic nitrogens is 1. The maximum Gasteiger partial charge on any atom is 0.302 e. The second kappa shape index (κ2) is 6.73. The van der Waals surface area contributed by atoms with Crippen molar-refractivity contribution in [2.24, 2.45) is 11.8 Å². The van der Waals surface area contributed by atoms with Crippen molar-refractivity contribution in [2.45, 2.75) is 31.9 Å². The first-order valence-corrected chi connectivity index (χ1v) is 9.02. The maximum atomic E-state index is 11.1. The number of fused-ring (bicyclic) bond motifs is 4. The number of carbonyl (C=O) groups is 1. The predicted octanol–water partition coefficient (Wildman–Crippen LogP) is 2.54. The summed E-state index contributed by atoms with van der Waals surface area (Å²) in [7, 11) is 0. The van der Waals surface area contributed by atoms with Crippen molar-refractivity contribution in [3.05, 3.63) is 42.1 Å². The summed E-state index contributed by atoms with van der Waals surface area (Å²) in [6.07, 6.45) is 3.32. The van der Waals surface area contributed by atoms with Crippen molar-refractivity contribution < 1.29 is 14.6 Å². The molecule has 0 radical (unpaired) electrons. The fraction of sp³-hybridized carbons (Fsp3) is 0.500. The second-order valence-corrected chi connectivity index (χ2v) is 7.27. The molecular weight excluding hydrogens is 316 g/mol. The Morgan fingerprint density at radius 3 is 3.00 bits per heavy atom. The Morgan fingerprint density at radius 1 is 1.40 bits per heavy atom. The number of pyridine rings is 1. The Kier molecular flexibility index (Phi) is 4.44. The first-order valence-electron chi connectivity index (χ1n) is 9.02. The molecule has 2 aromatic rings. The third-order valence-corrected chi connectivity index (χ3v) is 5.80. The van der Waals surface area contributed by atoms with Gasteiger partial charge in [-0.05, 0) is 43.0 Å². The number of rotatable bonds is 4. The summed E-state index contributed by atoms with van der Waals surface area (Å²) in [5.41, 5.74) is 1.88. The van der Waals surface area contributed by atoms with Crippen LogP contribution < -0.4 is 0 Å². The van der Waals surface area contributed by atoms with Crippen molar-refractivity contribution in [1.82, 2.24) is 9.88 Å². The van der Waals surface area contributed by atoms with Crippen LogP contribution in [0.25, 0.3) is 10.9 Å². The van der Waals surface area contributed by atoms with Crippen molar-refractivity contribution in [3.63, 3.8) is 0 Å².